The van der Waals surface area contributed by atoms with Gasteiger partial charge >= 0.3 is 0 Å². The molecule has 2 rings (SSSR count). The molecule has 4 nitrogen and oxygen atoms in total. The molecule has 0 aliphatic carbocycles. The third-order valence-corrected chi connectivity index (χ3v) is 4.11. The second kappa shape index (κ2) is 8.69. The van der Waals surface area contributed by atoms with Gasteiger partial charge in [0.25, 0.3) is 0 Å². The van der Waals surface area contributed by atoms with Gasteiger partial charge in [0.2, 0.25) is 0 Å². The quantitative estimate of drug-likeness (QED) is 0.776. The number of nitrogens with zero attached hydrogens (tertiary/aromatic N) is 2. The normalized spacial score (nSPS) is 11.2. The van der Waals surface area contributed by atoms with E-state index >= 15 is 0 Å². The van der Waals surface area contributed by atoms with Crippen LogP contribution in [0.2, 0.25) is 10.0 Å². The molecule has 0 radical (unpaired) electrons. The van der Waals surface area contributed by atoms with Crippen molar-refractivity contribution in [1.82, 2.24) is 9.78 Å². The smallest absolute Gasteiger partial charge is 0.0757 e. The van der Waals surface area contributed by atoms with E-state index in [9.17, 15) is 5.11 Å². The van der Waals surface area contributed by atoms with Gasteiger partial charge in [-0.25, -0.2) is 0 Å². The molecule has 1 N–H and O–H groups in total. The lowest BCUT2D eigenvalue weighted by Crippen LogP contribution is -2.08. The van der Waals surface area contributed by atoms with Gasteiger partial charge in [-0.2, -0.15) is 5.10 Å². The van der Waals surface area contributed by atoms with Crippen LogP contribution in [0.5, 0.6) is 0 Å². The zero-order valence-electron chi connectivity index (χ0n) is 13.5. The molecule has 0 aliphatic rings. The Labute approximate surface area is 147 Å². The molecule has 0 atom stereocenters. The average Bonchev–Trinajstić information content (AvgIpc) is 2.83. The minimum Gasteiger partial charge on any atom is -0.394 e. The van der Waals surface area contributed by atoms with Gasteiger partial charge in [-0.05, 0) is 36.6 Å². The minimum absolute atomic E-state index is 0.0825. The van der Waals surface area contributed by atoms with Gasteiger partial charge in [0.1, 0.15) is 0 Å². The summed E-state index contributed by atoms with van der Waals surface area (Å²) in [6.45, 7) is 5.69. The molecule has 0 spiro atoms. The zero-order valence-corrected chi connectivity index (χ0v) is 15.0. The van der Waals surface area contributed by atoms with E-state index in [1.807, 2.05) is 16.8 Å². The fourth-order valence-corrected chi connectivity index (χ4v) is 3.25. The van der Waals surface area contributed by atoms with Crippen LogP contribution in [-0.2, 0) is 37.3 Å². The fraction of sp³-hybridized carbons (Fsp3) is 0.471. The molecule has 126 valence electrons. The van der Waals surface area contributed by atoms with E-state index < -0.39 is 0 Å². The molecule has 0 bridgehead atoms. The summed E-state index contributed by atoms with van der Waals surface area (Å²) in [4.78, 5) is 0. The largest absolute Gasteiger partial charge is 0.394 e. The van der Waals surface area contributed by atoms with E-state index in [-0.39, 0.29) is 6.61 Å². The molecule has 1 aromatic carbocycles. The first kappa shape index (κ1) is 18.3. The molecule has 2 aromatic rings. The highest BCUT2D eigenvalue weighted by Gasteiger charge is 2.15. The number of hydrogen-bond acceptors (Lipinski definition) is 3. The number of aliphatic hydroxyl groups is 1. The summed E-state index contributed by atoms with van der Waals surface area (Å²) in [6, 6.07) is 5.41. The molecular formula is C17H22Cl2N2O2. The Morgan fingerprint density at radius 1 is 1.09 bits per heavy atom. The van der Waals surface area contributed by atoms with E-state index in [0.29, 0.717) is 29.8 Å². The van der Waals surface area contributed by atoms with Gasteiger partial charge < -0.3 is 9.84 Å². The van der Waals surface area contributed by atoms with Crippen molar-refractivity contribution < 1.29 is 9.84 Å². The summed E-state index contributed by atoms with van der Waals surface area (Å²) in [5.41, 5.74) is 4.22. The standard InChI is InChI=1S/C17H22Cl2N2O2/c1-3-16-15(17(4-2)21(20-16)5-6-22)11-23-10-12-7-13(18)9-14(19)8-12/h7-9,22H,3-6,10-11H2,1-2H3. The molecule has 1 aromatic heterocycles. The Balaban J connectivity index is 2.10. The van der Waals surface area contributed by atoms with Gasteiger partial charge in [-0.1, -0.05) is 37.0 Å². The second-order valence-corrected chi connectivity index (χ2v) is 6.17. The first-order valence-corrected chi connectivity index (χ1v) is 8.55. The van der Waals surface area contributed by atoms with Crippen molar-refractivity contribution in [2.75, 3.05) is 6.61 Å². The van der Waals surface area contributed by atoms with E-state index in [1.54, 1.807) is 6.07 Å². The lowest BCUT2D eigenvalue weighted by atomic mass is 10.1. The van der Waals surface area contributed by atoms with E-state index in [1.165, 1.54) is 0 Å². The number of halogens is 2. The summed E-state index contributed by atoms with van der Waals surface area (Å²) in [7, 11) is 0. The molecule has 1 heterocycles. The number of rotatable bonds is 8. The number of aryl methyl sites for hydroxylation is 1. The van der Waals surface area contributed by atoms with Crippen LogP contribution in [0.15, 0.2) is 18.2 Å². The molecule has 0 amide bonds. The van der Waals surface area contributed by atoms with Gasteiger partial charge in [0.05, 0.1) is 32.1 Å². The molecule has 0 aliphatic heterocycles. The molecular weight excluding hydrogens is 335 g/mol. The fourth-order valence-electron chi connectivity index (χ4n) is 2.68. The Morgan fingerprint density at radius 3 is 2.35 bits per heavy atom. The van der Waals surface area contributed by atoms with Gasteiger partial charge in [0, 0.05) is 21.3 Å². The Bertz CT molecular complexity index is 636. The van der Waals surface area contributed by atoms with Crippen LogP contribution in [0.3, 0.4) is 0 Å². The van der Waals surface area contributed by atoms with Crippen LogP contribution >= 0.6 is 23.2 Å². The Morgan fingerprint density at radius 2 is 1.78 bits per heavy atom. The van der Waals surface area contributed by atoms with Crippen molar-refractivity contribution in [2.24, 2.45) is 0 Å². The summed E-state index contributed by atoms with van der Waals surface area (Å²) >= 11 is 12.0. The van der Waals surface area contributed by atoms with E-state index in [2.05, 4.69) is 18.9 Å². The maximum absolute atomic E-state index is 9.17. The van der Waals surface area contributed by atoms with Crippen molar-refractivity contribution in [2.45, 2.75) is 46.4 Å². The second-order valence-electron chi connectivity index (χ2n) is 5.30. The maximum Gasteiger partial charge on any atom is 0.0757 e. The monoisotopic (exact) mass is 356 g/mol. The highest BCUT2D eigenvalue weighted by molar-refractivity contribution is 6.34. The van der Waals surface area contributed by atoms with Crippen molar-refractivity contribution in [3.05, 3.63) is 50.8 Å². The molecule has 23 heavy (non-hydrogen) atoms. The lowest BCUT2D eigenvalue weighted by molar-refractivity contribution is 0.106. The Hall–Kier alpha value is -1.07. The molecule has 0 unspecified atom stereocenters. The topological polar surface area (TPSA) is 47.3 Å². The number of benzene rings is 1. The van der Waals surface area contributed by atoms with Crippen LogP contribution in [-0.4, -0.2) is 21.5 Å². The van der Waals surface area contributed by atoms with Crippen LogP contribution in [0, 0.1) is 0 Å². The van der Waals surface area contributed by atoms with Crippen molar-refractivity contribution in [3.63, 3.8) is 0 Å². The Kier molecular flexibility index (Phi) is 6.90. The van der Waals surface area contributed by atoms with Gasteiger partial charge in [-0.15, -0.1) is 0 Å². The van der Waals surface area contributed by atoms with E-state index in [0.717, 1.165) is 35.4 Å². The molecule has 6 heteroatoms. The molecule has 0 saturated heterocycles. The van der Waals surface area contributed by atoms with Crippen LogP contribution in [0.25, 0.3) is 0 Å². The molecule has 0 fully saturated rings. The summed E-state index contributed by atoms with van der Waals surface area (Å²) < 4.78 is 7.74. The highest BCUT2D eigenvalue weighted by atomic mass is 35.5. The zero-order chi connectivity index (χ0) is 16.8. The van der Waals surface area contributed by atoms with E-state index in [4.69, 9.17) is 27.9 Å². The third-order valence-electron chi connectivity index (χ3n) is 3.67. The van der Waals surface area contributed by atoms with Crippen LogP contribution < -0.4 is 0 Å². The highest BCUT2D eigenvalue weighted by Crippen LogP contribution is 2.21. The third kappa shape index (κ3) is 4.70. The number of hydrogen-bond donors (Lipinski definition) is 1. The average molecular weight is 357 g/mol. The number of ether oxygens (including phenoxy) is 1. The predicted molar refractivity (Wildman–Crippen MR) is 93.0 cm³/mol. The van der Waals surface area contributed by atoms with Gasteiger partial charge in [0.15, 0.2) is 0 Å². The maximum atomic E-state index is 9.17. The van der Waals surface area contributed by atoms with Crippen molar-refractivity contribution in [3.8, 4) is 0 Å². The first-order valence-electron chi connectivity index (χ1n) is 7.80. The number of aliphatic hydroxyl groups excluding tert-OH is 1. The summed E-state index contributed by atoms with van der Waals surface area (Å²) in [6.07, 6.45) is 1.70. The molecule has 0 saturated carbocycles. The number of aromatic nitrogens is 2. The summed E-state index contributed by atoms with van der Waals surface area (Å²) in [5.74, 6) is 0. The van der Waals surface area contributed by atoms with Crippen molar-refractivity contribution >= 4 is 23.2 Å². The van der Waals surface area contributed by atoms with Crippen LogP contribution in [0.4, 0.5) is 0 Å². The van der Waals surface area contributed by atoms with Crippen LogP contribution in [0.1, 0.15) is 36.4 Å². The van der Waals surface area contributed by atoms with Crippen molar-refractivity contribution in [1.29, 1.82) is 0 Å². The first-order chi connectivity index (χ1) is 11.1. The minimum atomic E-state index is 0.0825. The summed E-state index contributed by atoms with van der Waals surface area (Å²) in [5, 5.41) is 15.0. The predicted octanol–water partition coefficient (Wildman–Crippen LogP) is 4.02. The SMILES string of the molecule is CCc1nn(CCO)c(CC)c1COCc1cc(Cl)cc(Cl)c1. The van der Waals surface area contributed by atoms with Gasteiger partial charge in [-0.3, -0.25) is 4.68 Å². The lowest BCUT2D eigenvalue weighted by Gasteiger charge is -2.09.